The average molecular weight is 274 g/mol. The Hall–Kier alpha value is -2.28. The van der Waals surface area contributed by atoms with Gasteiger partial charge in [-0.3, -0.25) is 4.79 Å². The van der Waals surface area contributed by atoms with Crippen LogP contribution < -0.4 is 11.1 Å². The lowest BCUT2D eigenvalue weighted by molar-refractivity contribution is -0.120. The third kappa shape index (κ3) is 3.18. The lowest BCUT2D eigenvalue weighted by Gasteiger charge is -2.22. The summed E-state index contributed by atoms with van der Waals surface area (Å²) in [7, 11) is 0. The minimum atomic E-state index is -0.876. The summed E-state index contributed by atoms with van der Waals surface area (Å²) >= 11 is 0. The molecule has 7 nitrogen and oxygen atoms in total. The summed E-state index contributed by atoms with van der Waals surface area (Å²) in [6.45, 7) is 3.72. The zero-order valence-corrected chi connectivity index (χ0v) is 11.6. The Balaban J connectivity index is 2.06. The predicted molar refractivity (Wildman–Crippen MR) is 75.3 cm³/mol. The molecule has 0 aliphatic carbocycles. The summed E-state index contributed by atoms with van der Waals surface area (Å²) in [6, 6.07) is 3.50. The van der Waals surface area contributed by atoms with Crippen molar-refractivity contribution in [3.63, 3.8) is 0 Å². The molecule has 0 bridgehead atoms. The molecule has 20 heavy (non-hydrogen) atoms. The zero-order chi connectivity index (χ0) is 14.6. The van der Waals surface area contributed by atoms with E-state index in [1.54, 1.807) is 31.6 Å². The van der Waals surface area contributed by atoms with Gasteiger partial charge in [0.05, 0.1) is 17.4 Å². The summed E-state index contributed by atoms with van der Waals surface area (Å²) in [6.07, 6.45) is 6.03. The van der Waals surface area contributed by atoms with E-state index in [0.29, 0.717) is 17.9 Å². The van der Waals surface area contributed by atoms with Gasteiger partial charge in [0.25, 0.3) is 0 Å². The maximum Gasteiger partial charge on any atom is 0.244 e. The normalized spacial score (nSPS) is 13.8. The number of rotatable bonds is 5. The number of carbonyl (C=O) groups is 1. The molecule has 0 radical (unpaired) electrons. The molecular formula is C13H18N6O. The molecule has 2 rings (SSSR count). The van der Waals surface area contributed by atoms with E-state index in [-0.39, 0.29) is 5.91 Å². The highest BCUT2D eigenvalue weighted by Crippen LogP contribution is 2.14. The molecule has 2 aromatic rings. The first-order valence-corrected chi connectivity index (χ1v) is 6.44. The van der Waals surface area contributed by atoms with Gasteiger partial charge in [-0.2, -0.15) is 5.10 Å². The van der Waals surface area contributed by atoms with E-state index in [2.05, 4.69) is 20.4 Å². The van der Waals surface area contributed by atoms with Gasteiger partial charge in [-0.15, -0.1) is 0 Å². The number of hydrogen-bond acceptors (Lipinski definition) is 5. The van der Waals surface area contributed by atoms with Crippen LogP contribution in [0.4, 0.5) is 5.69 Å². The molecule has 2 heterocycles. The fraction of sp³-hybridized carbons (Fsp3) is 0.385. The number of aromatic nitrogens is 4. The summed E-state index contributed by atoms with van der Waals surface area (Å²) in [5.41, 5.74) is 5.70. The number of amides is 1. The molecule has 2 aromatic heterocycles. The molecule has 1 amide bonds. The van der Waals surface area contributed by atoms with Crippen molar-refractivity contribution in [2.75, 3.05) is 5.32 Å². The number of nitrogens with two attached hydrogens (primary N) is 1. The maximum absolute atomic E-state index is 12.0. The van der Waals surface area contributed by atoms with Crippen LogP contribution in [0.2, 0.25) is 0 Å². The molecule has 1 atom stereocenters. The van der Waals surface area contributed by atoms with Crippen molar-refractivity contribution in [2.24, 2.45) is 5.73 Å². The fourth-order valence-electron chi connectivity index (χ4n) is 1.83. The average Bonchev–Trinajstić information content (AvgIpc) is 2.93. The van der Waals surface area contributed by atoms with Gasteiger partial charge in [-0.05, 0) is 25.5 Å². The van der Waals surface area contributed by atoms with Crippen LogP contribution >= 0.6 is 0 Å². The molecule has 0 saturated carbocycles. The first-order chi connectivity index (χ1) is 9.53. The molecule has 7 heteroatoms. The molecular weight excluding hydrogens is 256 g/mol. The second-order valence-corrected chi connectivity index (χ2v) is 4.87. The van der Waals surface area contributed by atoms with Crippen LogP contribution in [0, 0.1) is 0 Å². The molecule has 0 fully saturated rings. The SMILES string of the molecule is CCCC(C)(N)C(=O)Nc1ccc(-n2cncn2)nc1. The van der Waals surface area contributed by atoms with Gasteiger partial charge in [0.2, 0.25) is 5.91 Å². The maximum atomic E-state index is 12.0. The fourth-order valence-corrected chi connectivity index (χ4v) is 1.83. The number of carbonyl (C=O) groups excluding carboxylic acids is 1. The van der Waals surface area contributed by atoms with E-state index in [9.17, 15) is 4.79 Å². The minimum Gasteiger partial charge on any atom is -0.323 e. The van der Waals surface area contributed by atoms with Crippen LogP contribution in [0.15, 0.2) is 31.0 Å². The second kappa shape index (κ2) is 5.79. The molecule has 0 aliphatic rings. The number of anilines is 1. The Morgan fingerprint density at radius 2 is 2.30 bits per heavy atom. The molecule has 106 valence electrons. The van der Waals surface area contributed by atoms with Crippen LogP contribution in [0.5, 0.6) is 0 Å². The topological polar surface area (TPSA) is 98.7 Å². The van der Waals surface area contributed by atoms with Gasteiger partial charge in [-0.1, -0.05) is 13.3 Å². The van der Waals surface area contributed by atoms with Crippen LogP contribution in [-0.4, -0.2) is 31.2 Å². The van der Waals surface area contributed by atoms with Crippen molar-refractivity contribution < 1.29 is 4.79 Å². The molecule has 1 unspecified atom stereocenters. The predicted octanol–water partition coefficient (Wildman–Crippen LogP) is 1.12. The minimum absolute atomic E-state index is 0.213. The van der Waals surface area contributed by atoms with E-state index in [0.717, 1.165) is 6.42 Å². The first-order valence-electron chi connectivity index (χ1n) is 6.44. The van der Waals surface area contributed by atoms with Crippen molar-refractivity contribution >= 4 is 11.6 Å². The molecule has 0 aliphatic heterocycles. The van der Waals surface area contributed by atoms with Crippen LogP contribution in [-0.2, 0) is 4.79 Å². The standard InChI is InChI=1S/C13H18N6O/c1-3-6-13(2,14)12(20)18-10-4-5-11(16-7-10)19-9-15-8-17-19/h4-5,7-9H,3,6,14H2,1-2H3,(H,18,20). The molecule has 0 saturated heterocycles. The molecule has 0 aromatic carbocycles. The summed E-state index contributed by atoms with van der Waals surface area (Å²) in [5.74, 6) is 0.416. The zero-order valence-electron chi connectivity index (χ0n) is 11.6. The van der Waals surface area contributed by atoms with Gasteiger partial charge < -0.3 is 11.1 Å². The van der Waals surface area contributed by atoms with E-state index >= 15 is 0 Å². The van der Waals surface area contributed by atoms with E-state index in [1.807, 2.05) is 6.92 Å². The molecule has 0 spiro atoms. The number of nitrogens with zero attached hydrogens (tertiary/aromatic N) is 4. The Labute approximate surface area is 117 Å². The van der Waals surface area contributed by atoms with Crippen molar-refractivity contribution in [1.29, 1.82) is 0 Å². The van der Waals surface area contributed by atoms with Gasteiger partial charge in [-0.25, -0.2) is 14.6 Å². The van der Waals surface area contributed by atoms with E-state index in [4.69, 9.17) is 5.73 Å². The van der Waals surface area contributed by atoms with Gasteiger partial charge in [0, 0.05) is 0 Å². The monoisotopic (exact) mass is 274 g/mol. The largest absolute Gasteiger partial charge is 0.323 e. The van der Waals surface area contributed by atoms with Crippen molar-refractivity contribution in [2.45, 2.75) is 32.2 Å². The first kappa shape index (κ1) is 14.1. The quantitative estimate of drug-likeness (QED) is 0.851. The van der Waals surface area contributed by atoms with Crippen LogP contribution in [0.3, 0.4) is 0 Å². The number of pyridine rings is 1. The molecule has 3 N–H and O–H groups in total. The van der Waals surface area contributed by atoms with Gasteiger partial charge in [0.1, 0.15) is 12.7 Å². The number of hydrogen-bond donors (Lipinski definition) is 2. The third-order valence-corrected chi connectivity index (χ3v) is 2.95. The second-order valence-electron chi connectivity index (χ2n) is 4.87. The van der Waals surface area contributed by atoms with Crippen LogP contribution in [0.25, 0.3) is 5.82 Å². The Morgan fingerprint density at radius 3 is 2.85 bits per heavy atom. The van der Waals surface area contributed by atoms with Crippen molar-refractivity contribution in [3.8, 4) is 5.82 Å². The van der Waals surface area contributed by atoms with Crippen molar-refractivity contribution in [1.82, 2.24) is 19.7 Å². The summed E-state index contributed by atoms with van der Waals surface area (Å²) in [5, 5.41) is 6.74. The smallest absolute Gasteiger partial charge is 0.244 e. The Bertz CT molecular complexity index is 561. The highest BCUT2D eigenvalue weighted by Gasteiger charge is 2.27. The van der Waals surface area contributed by atoms with Gasteiger partial charge >= 0.3 is 0 Å². The van der Waals surface area contributed by atoms with E-state index in [1.165, 1.54) is 11.0 Å². The highest BCUT2D eigenvalue weighted by molar-refractivity contribution is 5.97. The summed E-state index contributed by atoms with van der Waals surface area (Å²) in [4.78, 5) is 20.1. The number of nitrogens with one attached hydrogen (secondary N) is 1. The van der Waals surface area contributed by atoms with Crippen LogP contribution in [0.1, 0.15) is 26.7 Å². The lowest BCUT2D eigenvalue weighted by atomic mass is 9.96. The van der Waals surface area contributed by atoms with Gasteiger partial charge in [0.15, 0.2) is 5.82 Å². The Morgan fingerprint density at radius 1 is 1.50 bits per heavy atom. The summed E-state index contributed by atoms with van der Waals surface area (Å²) < 4.78 is 1.54. The Kier molecular flexibility index (Phi) is 4.09. The van der Waals surface area contributed by atoms with Crippen molar-refractivity contribution in [3.05, 3.63) is 31.0 Å². The lowest BCUT2D eigenvalue weighted by Crippen LogP contribution is -2.48. The third-order valence-electron chi connectivity index (χ3n) is 2.95. The highest BCUT2D eigenvalue weighted by atomic mass is 16.2. The van der Waals surface area contributed by atoms with E-state index < -0.39 is 5.54 Å².